The second-order valence-electron chi connectivity index (χ2n) is 5.29. The third-order valence-corrected chi connectivity index (χ3v) is 4.33. The normalized spacial score (nSPS) is 23.9. The van der Waals surface area contributed by atoms with Crippen LogP contribution >= 0.6 is 22.6 Å². The number of halogens is 1. The monoisotopic (exact) mass is 338 g/mol. The predicted octanol–water partition coefficient (Wildman–Crippen LogP) is 5.35. The molecule has 0 nitrogen and oxygen atoms in total. The van der Waals surface area contributed by atoms with Gasteiger partial charge in [-0.15, -0.1) is 0 Å². The van der Waals surface area contributed by atoms with Crippen molar-refractivity contribution in [2.45, 2.75) is 38.5 Å². The third-order valence-electron chi connectivity index (χ3n) is 3.53. The van der Waals surface area contributed by atoms with Gasteiger partial charge in [-0.25, -0.2) is 0 Å². The van der Waals surface area contributed by atoms with E-state index in [4.69, 9.17) is 0 Å². The van der Waals surface area contributed by atoms with Gasteiger partial charge in [0.25, 0.3) is 0 Å². The Labute approximate surface area is 118 Å². The SMILES string of the molecule is CC(C)c1ccccc1C1(C)C=CC(I)=CC1. The molecule has 0 aliphatic heterocycles. The first-order valence-corrected chi connectivity index (χ1v) is 7.25. The van der Waals surface area contributed by atoms with Crippen LogP contribution < -0.4 is 0 Å². The zero-order chi connectivity index (χ0) is 12.5. The Hall–Kier alpha value is -0.570. The Balaban J connectivity index is 2.44. The fraction of sp³-hybridized carbons (Fsp3) is 0.375. The van der Waals surface area contributed by atoms with Crippen LogP contribution in [0.3, 0.4) is 0 Å². The van der Waals surface area contributed by atoms with E-state index in [0.717, 1.165) is 6.42 Å². The lowest BCUT2D eigenvalue weighted by Gasteiger charge is -2.31. The lowest BCUT2D eigenvalue weighted by atomic mass is 9.74. The Bertz CT molecular complexity index is 468. The van der Waals surface area contributed by atoms with Gasteiger partial charge in [-0.2, -0.15) is 0 Å². The lowest BCUT2D eigenvalue weighted by Crippen LogP contribution is -2.22. The van der Waals surface area contributed by atoms with Crippen molar-refractivity contribution in [1.29, 1.82) is 0 Å². The summed E-state index contributed by atoms with van der Waals surface area (Å²) in [5, 5.41) is 0. The molecular formula is C16H19I. The van der Waals surface area contributed by atoms with Crippen molar-refractivity contribution >= 4 is 22.6 Å². The van der Waals surface area contributed by atoms with Crippen LogP contribution in [0.15, 0.2) is 46.1 Å². The Morgan fingerprint density at radius 2 is 1.94 bits per heavy atom. The molecule has 0 amide bonds. The third kappa shape index (κ3) is 2.65. The minimum absolute atomic E-state index is 0.162. The van der Waals surface area contributed by atoms with E-state index in [1.54, 1.807) is 0 Å². The average molecular weight is 338 g/mol. The zero-order valence-corrected chi connectivity index (χ0v) is 12.9. The lowest BCUT2D eigenvalue weighted by molar-refractivity contribution is 0.586. The van der Waals surface area contributed by atoms with Crippen LogP contribution in [0, 0.1) is 0 Å². The highest BCUT2D eigenvalue weighted by atomic mass is 127. The largest absolute Gasteiger partial charge is 0.0729 e. The second-order valence-corrected chi connectivity index (χ2v) is 6.53. The highest BCUT2D eigenvalue weighted by Crippen LogP contribution is 2.38. The second kappa shape index (κ2) is 4.97. The predicted molar refractivity (Wildman–Crippen MR) is 83.7 cm³/mol. The molecule has 0 aromatic heterocycles. The molecule has 0 N–H and O–H groups in total. The van der Waals surface area contributed by atoms with Crippen LogP contribution in [0.4, 0.5) is 0 Å². The summed E-state index contributed by atoms with van der Waals surface area (Å²) in [5.41, 5.74) is 3.12. The van der Waals surface area contributed by atoms with Gasteiger partial charge in [-0.3, -0.25) is 0 Å². The van der Waals surface area contributed by atoms with Crippen molar-refractivity contribution in [2.24, 2.45) is 0 Å². The highest BCUT2D eigenvalue weighted by Gasteiger charge is 2.27. The first-order valence-electron chi connectivity index (χ1n) is 6.17. The van der Waals surface area contributed by atoms with E-state index in [-0.39, 0.29) is 5.41 Å². The van der Waals surface area contributed by atoms with Crippen molar-refractivity contribution in [3.8, 4) is 0 Å². The van der Waals surface area contributed by atoms with Gasteiger partial charge in [0.2, 0.25) is 0 Å². The summed E-state index contributed by atoms with van der Waals surface area (Å²) in [4.78, 5) is 0. The molecule has 1 aromatic rings. The van der Waals surface area contributed by atoms with Gasteiger partial charge in [0, 0.05) is 8.99 Å². The molecule has 0 bridgehead atoms. The number of allylic oxidation sites excluding steroid dienone is 4. The van der Waals surface area contributed by atoms with Gasteiger partial charge in [0.05, 0.1) is 0 Å². The summed E-state index contributed by atoms with van der Waals surface area (Å²) < 4.78 is 1.35. The fourth-order valence-electron chi connectivity index (χ4n) is 2.43. The van der Waals surface area contributed by atoms with Crippen LogP contribution in [0.5, 0.6) is 0 Å². The number of benzene rings is 1. The van der Waals surface area contributed by atoms with Crippen LogP contribution in [-0.2, 0) is 5.41 Å². The molecule has 90 valence electrons. The quantitative estimate of drug-likeness (QED) is 0.638. The zero-order valence-electron chi connectivity index (χ0n) is 10.7. The van der Waals surface area contributed by atoms with Crippen molar-refractivity contribution < 1.29 is 0 Å². The molecule has 0 heterocycles. The first kappa shape index (κ1) is 12.9. The molecule has 1 aliphatic carbocycles. The molecule has 1 heteroatoms. The van der Waals surface area contributed by atoms with E-state index in [2.05, 4.69) is 85.9 Å². The highest BCUT2D eigenvalue weighted by molar-refractivity contribution is 14.1. The molecule has 0 saturated heterocycles. The van der Waals surface area contributed by atoms with Gasteiger partial charge in [-0.05, 0) is 46.1 Å². The van der Waals surface area contributed by atoms with E-state index >= 15 is 0 Å². The molecule has 1 unspecified atom stereocenters. The van der Waals surface area contributed by atoms with Crippen LogP contribution in [0.2, 0.25) is 0 Å². The topological polar surface area (TPSA) is 0 Å². The maximum atomic E-state index is 2.39. The van der Waals surface area contributed by atoms with Crippen LogP contribution in [0.1, 0.15) is 44.2 Å². The van der Waals surface area contributed by atoms with Gasteiger partial charge >= 0.3 is 0 Å². The Morgan fingerprint density at radius 3 is 2.53 bits per heavy atom. The summed E-state index contributed by atoms with van der Waals surface area (Å²) in [6, 6.07) is 8.85. The van der Waals surface area contributed by atoms with Gasteiger partial charge < -0.3 is 0 Å². The number of hydrogen-bond donors (Lipinski definition) is 0. The molecule has 1 aliphatic rings. The maximum Gasteiger partial charge on any atom is 0.0145 e. The molecular weight excluding hydrogens is 319 g/mol. The summed E-state index contributed by atoms with van der Waals surface area (Å²) in [7, 11) is 0. The van der Waals surface area contributed by atoms with E-state index < -0.39 is 0 Å². The van der Waals surface area contributed by atoms with Crippen molar-refractivity contribution in [1.82, 2.24) is 0 Å². The number of hydrogen-bond acceptors (Lipinski definition) is 0. The van der Waals surface area contributed by atoms with Crippen LogP contribution in [0.25, 0.3) is 0 Å². The van der Waals surface area contributed by atoms with E-state index in [1.165, 1.54) is 14.7 Å². The minimum atomic E-state index is 0.162. The van der Waals surface area contributed by atoms with Gasteiger partial charge in [0.1, 0.15) is 0 Å². The van der Waals surface area contributed by atoms with Crippen molar-refractivity contribution in [3.63, 3.8) is 0 Å². The van der Waals surface area contributed by atoms with Crippen LogP contribution in [-0.4, -0.2) is 0 Å². The van der Waals surface area contributed by atoms with Crippen molar-refractivity contribution in [3.05, 3.63) is 57.2 Å². The minimum Gasteiger partial charge on any atom is -0.0729 e. The molecule has 0 spiro atoms. The molecule has 0 saturated carbocycles. The van der Waals surface area contributed by atoms with E-state index in [9.17, 15) is 0 Å². The molecule has 1 aromatic carbocycles. The Morgan fingerprint density at radius 1 is 1.24 bits per heavy atom. The maximum absolute atomic E-state index is 2.39. The summed E-state index contributed by atoms with van der Waals surface area (Å²) in [6.45, 7) is 6.88. The summed E-state index contributed by atoms with van der Waals surface area (Å²) in [6.07, 6.45) is 8.03. The van der Waals surface area contributed by atoms with E-state index in [1.807, 2.05) is 0 Å². The Kier molecular flexibility index (Phi) is 3.76. The smallest absolute Gasteiger partial charge is 0.0145 e. The fourth-order valence-corrected chi connectivity index (χ4v) is 2.83. The van der Waals surface area contributed by atoms with Crippen molar-refractivity contribution in [2.75, 3.05) is 0 Å². The molecule has 2 rings (SSSR count). The first-order chi connectivity index (χ1) is 8.03. The van der Waals surface area contributed by atoms with E-state index in [0.29, 0.717) is 5.92 Å². The number of rotatable bonds is 2. The average Bonchev–Trinajstić information content (AvgIpc) is 2.33. The van der Waals surface area contributed by atoms with Gasteiger partial charge in [-0.1, -0.05) is 63.3 Å². The standard InChI is InChI=1S/C16H19I/c1-12(2)14-6-4-5-7-15(14)16(3)10-8-13(17)9-11-16/h4-10,12H,11H2,1-3H3. The summed E-state index contributed by atoms with van der Waals surface area (Å²) >= 11 is 2.39. The summed E-state index contributed by atoms with van der Waals surface area (Å²) in [5.74, 6) is 0.585. The molecule has 17 heavy (non-hydrogen) atoms. The molecule has 1 atom stereocenters. The van der Waals surface area contributed by atoms with Gasteiger partial charge in [0.15, 0.2) is 0 Å². The molecule has 0 radical (unpaired) electrons. The molecule has 0 fully saturated rings.